The number of rotatable bonds is 10. The van der Waals surface area contributed by atoms with Gasteiger partial charge in [-0.05, 0) is 93.4 Å². The zero-order valence-electron chi connectivity index (χ0n) is 33.9. The molecule has 336 valence electrons. The molecule has 2 aliphatic rings. The monoisotopic (exact) mass is 995 g/mol. The number of fused-ring (bicyclic) bond motifs is 4. The van der Waals surface area contributed by atoms with Crippen molar-refractivity contribution in [1.82, 2.24) is 0 Å². The number of carbonyl (C=O) groups is 3. The minimum absolute atomic E-state index is 0. The van der Waals surface area contributed by atoms with Gasteiger partial charge in [-0.25, -0.2) is 4.79 Å². The summed E-state index contributed by atoms with van der Waals surface area (Å²) in [7, 11) is -20.0. The molecule has 0 unspecified atom stereocenters. The summed E-state index contributed by atoms with van der Waals surface area (Å²) in [4.78, 5) is 36.8. The third kappa shape index (κ3) is 10.1. The van der Waals surface area contributed by atoms with Crippen LogP contribution in [0.1, 0.15) is 31.8 Å². The molecule has 6 aromatic carbocycles. The Labute approximate surface area is 401 Å². The van der Waals surface area contributed by atoms with Crippen molar-refractivity contribution in [2.24, 2.45) is 10.2 Å². The molecule has 0 bridgehead atoms. The van der Waals surface area contributed by atoms with Crippen molar-refractivity contribution >= 4 is 126 Å². The average molecular weight is 996 g/mol. The Hall–Kier alpha value is -6.49. The number of hydrazone groups is 2. The van der Waals surface area contributed by atoms with Gasteiger partial charge >= 0.3 is 35.6 Å². The number of anilines is 4. The molecule has 0 saturated heterocycles. The molecule has 0 aliphatic heterocycles. The molecule has 0 spiro atoms. The molecule has 67 heavy (non-hydrogen) atoms. The standard InChI is InChI=1S/C41H28N6O15S4.Na/c48-39-29-7-3-1-5-23(29)19-35(65(57,58)59)37(39)46-44-27-11-9-21-17-33(63(51,52)53)31(15-25(21)13-27)42-41(50)43-32-16-26-14-28(12-10-22(26)18-34(32)64(54,55)56)45-47-38-36(66(60,61)62)20-24-6-2-4-8-30(24)40(38)49;/h1-20,44-45H,(H2,42,43,50)(H,51,52,53)(H,54,55,56)(H,57,58,59)(H,60,61,62);/q;+1/b46-37-,47-38-;. The summed E-state index contributed by atoms with van der Waals surface area (Å²) in [6.07, 6.45) is 2.14. The predicted molar refractivity (Wildman–Crippen MR) is 243 cm³/mol. The van der Waals surface area contributed by atoms with Crippen LogP contribution in [0.3, 0.4) is 0 Å². The first-order valence-electron chi connectivity index (χ1n) is 18.5. The number of nitrogens with one attached hydrogen (secondary N) is 4. The fourth-order valence-electron chi connectivity index (χ4n) is 6.99. The largest absolute Gasteiger partial charge is 1.00 e. The Morgan fingerprint density at radius 3 is 1.19 bits per heavy atom. The molecule has 21 nitrogen and oxygen atoms in total. The number of ketones is 2. The van der Waals surface area contributed by atoms with E-state index in [2.05, 4.69) is 31.7 Å². The fraction of sp³-hybridized carbons (Fsp3) is 0. The minimum Gasteiger partial charge on any atom is -0.306 e. The minimum atomic E-state index is -5.07. The first-order chi connectivity index (χ1) is 31.0. The van der Waals surface area contributed by atoms with E-state index in [-0.39, 0.29) is 84.7 Å². The summed E-state index contributed by atoms with van der Waals surface area (Å²) < 4.78 is 139. The summed E-state index contributed by atoms with van der Waals surface area (Å²) in [5, 5.41) is 13.0. The molecule has 26 heteroatoms. The number of carbonyl (C=O) groups excluding carboxylic acids is 3. The zero-order valence-corrected chi connectivity index (χ0v) is 39.1. The number of Topliss-reactive ketones (excluding diaryl/α,β-unsaturated/α-hetero) is 2. The number of urea groups is 1. The fourth-order valence-corrected chi connectivity index (χ4v) is 9.64. The molecule has 2 amide bonds. The van der Waals surface area contributed by atoms with Crippen molar-refractivity contribution in [2.75, 3.05) is 21.5 Å². The molecular formula is C41H28N6NaO15S4+. The van der Waals surface area contributed by atoms with Crippen LogP contribution in [0, 0.1) is 0 Å². The topological polar surface area (TPSA) is 342 Å². The van der Waals surface area contributed by atoms with Gasteiger partial charge < -0.3 is 10.6 Å². The summed E-state index contributed by atoms with van der Waals surface area (Å²) >= 11 is 0. The molecular weight excluding hydrogens is 968 g/mol. The number of amides is 2. The predicted octanol–water partition coefficient (Wildman–Crippen LogP) is 2.92. The SMILES string of the molecule is O=C(Nc1cc2cc(N/N=C3\C(=O)c4ccccc4C=C3S(=O)(=O)O)ccc2cc1S(=O)(=O)O)Nc1cc2cc(N/N=C3\C(=O)c4ccccc4C=C3S(=O)(=O)O)ccc2cc1S(=O)(=O)O.[Na+]. The molecule has 0 fully saturated rings. The van der Waals surface area contributed by atoms with E-state index in [0.29, 0.717) is 0 Å². The van der Waals surface area contributed by atoms with Crippen molar-refractivity contribution in [3.63, 3.8) is 0 Å². The van der Waals surface area contributed by atoms with Crippen molar-refractivity contribution in [1.29, 1.82) is 0 Å². The van der Waals surface area contributed by atoms with Crippen LogP contribution < -0.4 is 51.0 Å². The van der Waals surface area contributed by atoms with E-state index in [0.717, 1.165) is 36.4 Å². The number of allylic oxidation sites excluding steroid dienone is 2. The van der Waals surface area contributed by atoms with Crippen LogP contribution in [-0.2, 0) is 40.5 Å². The maximum atomic E-state index is 13.5. The number of benzene rings is 6. The van der Waals surface area contributed by atoms with Gasteiger partial charge in [-0.1, -0.05) is 60.7 Å². The van der Waals surface area contributed by atoms with E-state index in [1.54, 1.807) is 24.3 Å². The van der Waals surface area contributed by atoms with Gasteiger partial charge in [0.15, 0.2) is 11.4 Å². The van der Waals surface area contributed by atoms with E-state index < -0.39 is 100 Å². The summed E-state index contributed by atoms with van der Waals surface area (Å²) in [5.74, 6) is -1.65. The van der Waals surface area contributed by atoms with Crippen LogP contribution in [0.5, 0.6) is 0 Å². The van der Waals surface area contributed by atoms with Crippen LogP contribution in [0.4, 0.5) is 27.5 Å². The molecule has 0 saturated carbocycles. The third-order valence-electron chi connectivity index (χ3n) is 9.96. The molecule has 0 radical (unpaired) electrons. The van der Waals surface area contributed by atoms with E-state index >= 15 is 0 Å². The third-order valence-corrected chi connectivity index (χ3v) is 13.5. The second-order valence-electron chi connectivity index (χ2n) is 14.3. The van der Waals surface area contributed by atoms with Crippen LogP contribution in [0.2, 0.25) is 0 Å². The molecule has 0 aromatic heterocycles. The summed E-state index contributed by atoms with van der Waals surface area (Å²) in [6, 6.07) is 23.0. The van der Waals surface area contributed by atoms with E-state index in [9.17, 15) is 66.3 Å². The molecule has 8 N–H and O–H groups in total. The van der Waals surface area contributed by atoms with Gasteiger partial charge in [0.1, 0.15) is 19.6 Å². The van der Waals surface area contributed by atoms with E-state index in [1.165, 1.54) is 60.7 Å². The van der Waals surface area contributed by atoms with Gasteiger partial charge in [-0.15, -0.1) is 0 Å². The first-order valence-corrected chi connectivity index (χ1v) is 24.2. The van der Waals surface area contributed by atoms with Crippen molar-refractivity contribution in [2.45, 2.75) is 9.79 Å². The second kappa shape index (κ2) is 18.0. The van der Waals surface area contributed by atoms with Crippen LogP contribution >= 0.6 is 0 Å². The Balaban J connectivity index is 0.00000666. The van der Waals surface area contributed by atoms with Gasteiger partial charge in [-0.2, -0.15) is 43.9 Å². The van der Waals surface area contributed by atoms with Crippen molar-refractivity contribution < 1.29 is 95.8 Å². The van der Waals surface area contributed by atoms with Gasteiger partial charge in [0, 0.05) is 11.1 Å². The zero-order chi connectivity index (χ0) is 47.5. The van der Waals surface area contributed by atoms with E-state index in [1.807, 2.05) is 0 Å². The Morgan fingerprint density at radius 1 is 0.463 bits per heavy atom. The Morgan fingerprint density at radius 2 is 0.836 bits per heavy atom. The number of hydrogen-bond acceptors (Lipinski definition) is 15. The number of hydrogen-bond donors (Lipinski definition) is 8. The maximum Gasteiger partial charge on any atom is 1.00 e. The summed E-state index contributed by atoms with van der Waals surface area (Å²) in [5.41, 5.74) is 3.50. The first kappa shape index (κ1) is 48.4. The molecule has 0 atom stereocenters. The van der Waals surface area contributed by atoms with Crippen LogP contribution in [-0.4, -0.2) is 80.9 Å². The second-order valence-corrected chi connectivity index (χ2v) is 19.9. The molecule has 8 rings (SSSR count). The average Bonchev–Trinajstić information content (AvgIpc) is 3.23. The van der Waals surface area contributed by atoms with Gasteiger partial charge in [0.05, 0.1) is 22.7 Å². The molecule has 2 aliphatic carbocycles. The smallest absolute Gasteiger partial charge is 0.306 e. The molecule has 6 aromatic rings. The van der Waals surface area contributed by atoms with Crippen molar-refractivity contribution in [3.05, 3.63) is 141 Å². The van der Waals surface area contributed by atoms with Gasteiger partial charge in [-0.3, -0.25) is 38.7 Å². The molecule has 0 heterocycles. The van der Waals surface area contributed by atoms with Gasteiger partial charge in [0.25, 0.3) is 40.5 Å². The van der Waals surface area contributed by atoms with Crippen LogP contribution in [0.15, 0.2) is 139 Å². The van der Waals surface area contributed by atoms with Gasteiger partial charge in [0.2, 0.25) is 11.6 Å². The van der Waals surface area contributed by atoms with Crippen molar-refractivity contribution in [3.8, 4) is 0 Å². The maximum absolute atomic E-state index is 13.5. The van der Waals surface area contributed by atoms with E-state index in [4.69, 9.17) is 0 Å². The Kier molecular flexibility index (Phi) is 13.0. The quantitative estimate of drug-likeness (QED) is 0.0556. The number of nitrogens with zero attached hydrogens (tertiary/aromatic N) is 2. The normalized spacial score (nSPS) is 15.3. The summed E-state index contributed by atoms with van der Waals surface area (Å²) in [6.45, 7) is 0. The van der Waals surface area contributed by atoms with Crippen LogP contribution in [0.25, 0.3) is 33.7 Å². The Bertz CT molecular complexity index is 3540.